The number of benzene rings is 2. The molecule has 0 atom stereocenters. The van der Waals surface area contributed by atoms with Gasteiger partial charge in [0.25, 0.3) is 0 Å². The first-order valence-electron chi connectivity index (χ1n) is 7.05. The molecular formula is C16H17IN4O4. The fraction of sp³-hybridized carbons (Fsp3) is 0.125. The minimum atomic E-state index is -0.0192. The second kappa shape index (κ2) is 8.42. The number of halogens is 1. The fourth-order valence-corrected chi connectivity index (χ4v) is 2.86. The van der Waals surface area contributed by atoms with Crippen molar-refractivity contribution in [1.82, 2.24) is 0 Å². The van der Waals surface area contributed by atoms with Gasteiger partial charge in [-0.1, -0.05) is 28.5 Å². The van der Waals surface area contributed by atoms with E-state index in [2.05, 4.69) is 32.9 Å². The summed E-state index contributed by atoms with van der Waals surface area (Å²) in [5.41, 5.74) is 13.2. The van der Waals surface area contributed by atoms with E-state index in [9.17, 15) is 0 Å². The lowest BCUT2D eigenvalue weighted by Gasteiger charge is -2.14. The van der Waals surface area contributed by atoms with Crippen LogP contribution in [-0.4, -0.2) is 29.2 Å². The minimum Gasteiger partial charge on any atom is -0.493 e. The third-order valence-corrected chi connectivity index (χ3v) is 4.15. The molecule has 0 heterocycles. The molecule has 0 aliphatic carbocycles. The molecule has 0 fully saturated rings. The largest absolute Gasteiger partial charge is 0.493 e. The third kappa shape index (κ3) is 4.44. The van der Waals surface area contributed by atoms with Gasteiger partial charge in [-0.15, -0.1) is 0 Å². The molecular weight excluding hydrogens is 439 g/mol. The fourth-order valence-electron chi connectivity index (χ4n) is 2.10. The van der Waals surface area contributed by atoms with Crippen LogP contribution in [0.2, 0.25) is 0 Å². The summed E-state index contributed by atoms with van der Waals surface area (Å²) in [7, 11) is 1.51. The Balaban J connectivity index is 2.26. The predicted octanol–water partition coefficient (Wildman–Crippen LogP) is 2.07. The zero-order valence-electron chi connectivity index (χ0n) is 13.3. The molecule has 25 heavy (non-hydrogen) atoms. The molecule has 0 bridgehead atoms. The molecule has 0 aliphatic heterocycles. The first-order valence-corrected chi connectivity index (χ1v) is 8.13. The molecule has 0 amide bonds. The Bertz CT molecular complexity index is 824. The zero-order valence-corrected chi connectivity index (χ0v) is 15.5. The second-order valence-electron chi connectivity index (χ2n) is 4.95. The molecule has 0 spiro atoms. The molecule has 2 aromatic rings. The van der Waals surface area contributed by atoms with Gasteiger partial charge in [0.05, 0.1) is 10.7 Å². The quantitative estimate of drug-likeness (QED) is 0.173. The average Bonchev–Trinajstić information content (AvgIpc) is 2.65. The number of oxime groups is 2. The van der Waals surface area contributed by atoms with Crippen molar-refractivity contribution >= 4 is 34.3 Å². The maximum atomic E-state index is 8.81. The topological polar surface area (TPSA) is 136 Å². The minimum absolute atomic E-state index is 0.0192. The van der Waals surface area contributed by atoms with Gasteiger partial charge in [0.2, 0.25) is 0 Å². The van der Waals surface area contributed by atoms with Crippen molar-refractivity contribution in [2.75, 3.05) is 7.11 Å². The highest BCUT2D eigenvalue weighted by Gasteiger charge is 2.14. The van der Waals surface area contributed by atoms with Crippen LogP contribution in [-0.2, 0) is 6.61 Å². The lowest BCUT2D eigenvalue weighted by atomic mass is 10.1. The van der Waals surface area contributed by atoms with Crippen molar-refractivity contribution < 1.29 is 19.9 Å². The van der Waals surface area contributed by atoms with Gasteiger partial charge >= 0.3 is 0 Å². The van der Waals surface area contributed by atoms with E-state index in [1.54, 1.807) is 30.3 Å². The number of methoxy groups -OCH3 is 1. The molecule has 0 saturated carbocycles. The Morgan fingerprint density at radius 3 is 2.40 bits per heavy atom. The zero-order chi connectivity index (χ0) is 18.4. The van der Waals surface area contributed by atoms with E-state index >= 15 is 0 Å². The van der Waals surface area contributed by atoms with Gasteiger partial charge in [0.1, 0.15) is 6.61 Å². The first kappa shape index (κ1) is 18.6. The van der Waals surface area contributed by atoms with Crippen molar-refractivity contribution in [2.24, 2.45) is 21.8 Å². The van der Waals surface area contributed by atoms with Gasteiger partial charge in [0.15, 0.2) is 23.2 Å². The summed E-state index contributed by atoms with van der Waals surface area (Å²) in [4.78, 5) is 0. The van der Waals surface area contributed by atoms with E-state index in [0.717, 1.165) is 9.13 Å². The lowest BCUT2D eigenvalue weighted by molar-refractivity contribution is 0.282. The van der Waals surface area contributed by atoms with Gasteiger partial charge in [-0.3, -0.25) is 0 Å². The van der Waals surface area contributed by atoms with E-state index in [1.165, 1.54) is 7.11 Å². The normalized spacial score (nSPS) is 12.1. The van der Waals surface area contributed by atoms with Crippen LogP contribution in [0.25, 0.3) is 0 Å². The van der Waals surface area contributed by atoms with Crippen LogP contribution in [0.3, 0.4) is 0 Å². The van der Waals surface area contributed by atoms with Crippen LogP contribution in [0, 0.1) is 3.57 Å². The molecule has 2 aromatic carbocycles. The van der Waals surface area contributed by atoms with Crippen molar-refractivity contribution in [3.05, 3.63) is 56.7 Å². The monoisotopic (exact) mass is 456 g/mol. The summed E-state index contributed by atoms with van der Waals surface area (Å²) in [6, 6.07) is 10.5. The molecule has 9 heteroatoms. The number of rotatable bonds is 6. The summed E-state index contributed by atoms with van der Waals surface area (Å²) in [6.07, 6.45) is 0. The van der Waals surface area contributed by atoms with Crippen molar-refractivity contribution in [3.63, 3.8) is 0 Å². The maximum absolute atomic E-state index is 8.81. The summed E-state index contributed by atoms with van der Waals surface area (Å²) in [6.45, 7) is 0.252. The molecule has 132 valence electrons. The molecule has 6 N–H and O–H groups in total. The number of hydrogen-bond donors (Lipinski definition) is 4. The van der Waals surface area contributed by atoms with Crippen LogP contribution >= 0.6 is 22.6 Å². The van der Waals surface area contributed by atoms with Crippen LogP contribution in [0.15, 0.2) is 46.7 Å². The molecule has 0 unspecified atom stereocenters. The molecule has 0 saturated heterocycles. The van der Waals surface area contributed by atoms with E-state index in [0.29, 0.717) is 22.6 Å². The second-order valence-corrected chi connectivity index (χ2v) is 6.11. The number of ether oxygens (including phenoxy) is 2. The highest BCUT2D eigenvalue weighted by molar-refractivity contribution is 14.1. The Kier molecular flexibility index (Phi) is 6.28. The van der Waals surface area contributed by atoms with Crippen molar-refractivity contribution in [2.45, 2.75) is 6.61 Å². The SMILES string of the molecule is COc1cc(/C(N)=N/O)cc(I)c1OCc1cccc(/C(N)=N/O)c1. The van der Waals surface area contributed by atoms with E-state index < -0.39 is 0 Å². The number of amidine groups is 2. The van der Waals surface area contributed by atoms with E-state index in [1.807, 2.05) is 6.07 Å². The van der Waals surface area contributed by atoms with Crippen LogP contribution < -0.4 is 20.9 Å². The third-order valence-electron chi connectivity index (χ3n) is 3.35. The van der Waals surface area contributed by atoms with Crippen LogP contribution in [0.5, 0.6) is 11.5 Å². The first-order chi connectivity index (χ1) is 12.0. The highest BCUT2D eigenvalue weighted by atomic mass is 127. The average molecular weight is 456 g/mol. The van der Waals surface area contributed by atoms with Gasteiger partial charge < -0.3 is 31.4 Å². The predicted molar refractivity (Wildman–Crippen MR) is 102 cm³/mol. The Morgan fingerprint density at radius 2 is 1.76 bits per heavy atom. The number of nitrogens with two attached hydrogens (primary N) is 2. The summed E-state index contributed by atoms with van der Waals surface area (Å²) < 4.78 is 11.9. The number of nitrogens with zero attached hydrogens (tertiary/aromatic N) is 2. The van der Waals surface area contributed by atoms with Gasteiger partial charge in [-0.05, 0) is 46.4 Å². The summed E-state index contributed by atoms with van der Waals surface area (Å²) >= 11 is 2.08. The Labute approximate surface area is 157 Å². The van der Waals surface area contributed by atoms with E-state index in [-0.39, 0.29) is 18.3 Å². The standard InChI is InChI=1S/C16H17IN4O4/c1-24-13-7-11(16(19)21-23)6-12(17)14(13)25-8-9-3-2-4-10(5-9)15(18)20-22/h2-7,22-23H,8H2,1H3,(H2,18,20)(H2,19,21). The molecule has 8 nitrogen and oxygen atoms in total. The van der Waals surface area contributed by atoms with Gasteiger partial charge in [0, 0.05) is 11.1 Å². The summed E-state index contributed by atoms with van der Waals surface area (Å²) in [5.74, 6) is 0.999. The molecule has 0 radical (unpaired) electrons. The van der Waals surface area contributed by atoms with Crippen molar-refractivity contribution in [3.8, 4) is 11.5 Å². The lowest BCUT2D eigenvalue weighted by Crippen LogP contribution is -2.14. The summed E-state index contributed by atoms with van der Waals surface area (Å²) in [5, 5.41) is 23.5. The van der Waals surface area contributed by atoms with Crippen LogP contribution in [0.1, 0.15) is 16.7 Å². The van der Waals surface area contributed by atoms with Gasteiger partial charge in [-0.2, -0.15) is 0 Å². The van der Waals surface area contributed by atoms with E-state index in [4.69, 9.17) is 31.4 Å². The highest BCUT2D eigenvalue weighted by Crippen LogP contribution is 2.34. The van der Waals surface area contributed by atoms with Gasteiger partial charge in [-0.25, -0.2) is 0 Å². The Morgan fingerprint density at radius 1 is 1.08 bits per heavy atom. The molecule has 0 aliphatic rings. The maximum Gasteiger partial charge on any atom is 0.174 e. The molecule has 0 aromatic heterocycles. The Hall–Kier alpha value is -2.69. The smallest absolute Gasteiger partial charge is 0.174 e. The number of hydrogen-bond acceptors (Lipinski definition) is 6. The molecule has 2 rings (SSSR count). The van der Waals surface area contributed by atoms with Crippen molar-refractivity contribution in [1.29, 1.82) is 0 Å². The van der Waals surface area contributed by atoms with Crippen LogP contribution in [0.4, 0.5) is 0 Å².